The smallest absolute Gasteiger partial charge is 0.409 e. The van der Waals surface area contributed by atoms with Gasteiger partial charge in [-0.25, -0.2) is 4.79 Å². The molecular weight excluding hydrogens is 284 g/mol. The van der Waals surface area contributed by atoms with Crippen LogP contribution in [0.5, 0.6) is 0 Å². The number of hydrogen-bond donors (Lipinski definition) is 3. The van der Waals surface area contributed by atoms with E-state index in [4.69, 9.17) is 10.2 Å². The molecule has 0 aliphatic carbocycles. The molecule has 3 N–H and O–H groups in total. The van der Waals surface area contributed by atoms with Crippen LogP contribution in [0.15, 0.2) is 30.3 Å². The number of carbonyl (C=O) groups is 1. The van der Waals surface area contributed by atoms with Gasteiger partial charge >= 0.3 is 6.09 Å². The number of nitro groups is 1. The predicted octanol–water partition coefficient (Wildman–Crippen LogP) is 2.91. The summed E-state index contributed by atoms with van der Waals surface area (Å²) in [6, 6.07) is 7.70. The molecule has 2 aromatic rings. The van der Waals surface area contributed by atoms with Crippen molar-refractivity contribution in [2.24, 2.45) is 0 Å². The molecule has 7 nitrogen and oxygen atoms in total. The Morgan fingerprint density at radius 1 is 1.35 bits per heavy atom. The van der Waals surface area contributed by atoms with Gasteiger partial charge in [-0.1, -0.05) is 0 Å². The van der Waals surface area contributed by atoms with E-state index in [0.717, 1.165) is 9.75 Å². The largest absolute Gasteiger partial charge is 0.465 e. The van der Waals surface area contributed by atoms with Crippen molar-refractivity contribution < 1.29 is 19.9 Å². The third kappa shape index (κ3) is 2.92. The van der Waals surface area contributed by atoms with Gasteiger partial charge in [-0.3, -0.25) is 15.4 Å². The molecule has 0 radical (unpaired) electrons. The molecule has 0 saturated heterocycles. The standard InChI is InChI=1S/C12H10N2O5S/c15-6-8-2-4-11(20-8)7-1-3-10(14(18)19)9(5-7)13-12(16)17/h1-5,13,15H,6H2,(H,16,17). The van der Waals surface area contributed by atoms with E-state index in [1.165, 1.54) is 29.5 Å². The second-order valence-corrected chi connectivity index (χ2v) is 5.01. The van der Waals surface area contributed by atoms with Crippen LogP contribution in [0.2, 0.25) is 0 Å². The van der Waals surface area contributed by atoms with Gasteiger partial charge in [0.25, 0.3) is 5.69 Å². The van der Waals surface area contributed by atoms with Crippen LogP contribution in [0.1, 0.15) is 4.88 Å². The van der Waals surface area contributed by atoms with Crippen LogP contribution >= 0.6 is 11.3 Å². The Kier molecular flexibility index (Phi) is 3.97. The van der Waals surface area contributed by atoms with E-state index in [2.05, 4.69) is 0 Å². The molecule has 1 heterocycles. The monoisotopic (exact) mass is 294 g/mol. The maximum atomic E-state index is 10.8. The fourth-order valence-electron chi connectivity index (χ4n) is 1.68. The zero-order chi connectivity index (χ0) is 14.7. The van der Waals surface area contributed by atoms with Gasteiger partial charge in [0.05, 0.1) is 11.5 Å². The SMILES string of the molecule is O=C(O)Nc1cc(-c2ccc(CO)s2)ccc1[N+](=O)[O-]. The van der Waals surface area contributed by atoms with Crippen molar-refractivity contribution in [3.05, 3.63) is 45.3 Å². The summed E-state index contributed by atoms with van der Waals surface area (Å²) in [4.78, 5) is 22.4. The van der Waals surface area contributed by atoms with E-state index in [1.54, 1.807) is 12.1 Å². The predicted molar refractivity (Wildman–Crippen MR) is 74.0 cm³/mol. The van der Waals surface area contributed by atoms with Crippen LogP contribution in [-0.4, -0.2) is 21.2 Å². The zero-order valence-corrected chi connectivity index (χ0v) is 10.9. The number of anilines is 1. The van der Waals surface area contributed by atoms with E-state index in [9.17, 15) is 14.9 Å². The Bertz CT molecular complexity index is 668. The number of nitro benzene ring substituents is 1. The van der Waals surface area contributed by atoms with E-state index in [1.807, 2.05) is 5.32 Å². The maximum absolute atomic E-state index is 10.8. The minimum absolute atomic E-state index is 0.0843. The molecule has 0 saturated carbocycles. The number of hydrogen-bond acceptors (Lipinski definition) is 5. The Balaban J connectivity index is 2.45. The summed E-state index contributed by atoms with van der Waals surface area (Å²) >= 11 is 1.33. The quantitative estimate of drug-likeness (QED) is 0.592. The minimum atomic E-state index is -1.37. The first-order chi connectivity index (χ1) is 9.51. The number of amides is 1. The third-order valence-electron chi connectivity index (χ3n) is 2.54. The average molecular weight is 294 g/mol. The lowest BCUT2D eigenvalue weighted by atomic mass is 10.1. The van der Waals surface area contributed by atoms with Gasteiger partial charge in [0.1, 0.15) is 5.69 Å². The van der Waals surface area contributed by atoms with Gasteiger partial charge in [0.2, 0.25) is 0 Å². The van der Waals surface area contributed by atoms with E-state index >= 15 is 0 Å². The molecule has 0 fully saturated rings. The lowest BCUT2D eigenvalue weighted by Gasteiger charge is -2.05. The summed E-state index contributed by atoms with van der Waals surface area (Å²) < 4.78 is 0. The van der Waals surface area contributed by atoms with Crippen LogP contribution in [0.3, 0.4) is 0 Å². The molecular formula is C12H10N2O5S. The third-order valence-corrected chi connectivity index (χ3v) is 3.66. The maximum Gasteiger partial charge on any atom is 0.409 e. The van der Waals surface area contributed by atoms with Crippen molar-refractivity contribution in [1.29, 1.82) is 0 Å². The van der Waals surface area contributed by atoms with Gasteiger partial charge in [0.15, 0.2) is 0 Å². The lowest BCUT2D eigenvalue weighted by molar-refractivity contribution is -0.383. The molecule has 8 heteroatoms. The Labute approximate surface area is 117 Å². The van der Waals surface area contributed by atoms with Crippen molar-refractivity contribution in [2.45, 2.75) is 6.61 Å². The number of rotatable bonds is 4. The lowest BCUT2D eigenvalue weighted by Crippen LogP contribution is -2.09. The molecule has 0 spiro atoms. The van der Waals surface area contributed by atoms with Crippen LogP contribution in [0.4, 0.5) is 16.2 Å². The summed E-state index contributed by atoms with van der Waals surface area (Å²) in [5, 5.41) is 30.6. The normalized spacial score (nSPS) is 10.2. The van der Waals surface area contributed by atoms with Gasteiger partial charge in [-0.2, -0.15) is 0 Å². The molecule has 1 amide bonds. The fourth-order valence-corrected chi connectivity index (χ4v) is 2.55. The molecule has 0 aliphatic rings. The van der Waals surface area contributed by atoms with Crippen molar-refractivity contribution >= 4 is 28.8 Å². The highest BCUT2D eigenvalue weighted by atomic mass is 32.1. The van der Waals surface area contributed by atoms with E-state index < -0.39 is 11.0 Å². The summed E-state index contributed by atoms with van der Waals surface area (Å²) in [6.07, 6.45) is -1.37. The molecule has 0 unspecified atom stereocenters. The molecule has 2 rings (SSSR count). The first kappa shape index (κ1) is 14.0. The number of carboxylic acid groups (broad SMARTS) is 1. The number of nitrogens with one attached hydrogen (secondary N) is 1. The number of aliphatic hydroxyl groups is 1. The molecule has 0 atom stereocenters. The number of thiophene rings is 1. The number of benzene rings is 1. The first-order valence-electron chi connectivity index (χ1n) is 5.49. The minimum Gasteiger partial charge on any atom is -0.465 e. The van der Waals surface area contributed by atoms with Gasteiger partial charge in [-0.05, 0) is 29.8 Å². The van der Waals surface area contributed by atoms with Crippen molar-refractivity contribution in [2.75, 3.05) is 5.32 Å². The molecule has 20 heavy (non-hydrogen) atoms. The highest BCUT2D eigenvalue weighted by molar-refractivity contribution is 7.15. The van der Waals surface area contributed by atoms with Crippen LogP contribution in [-0.2, 0) is 6.61 Å². The van der Waals surface area contributed by atoms with Crippen molar-refractivity contribution in [3.8, 4) is 10.4 Å². The summed E-state index contributed by atoms with van der Waals surface area (Å²) in [6.45, 7) is -0.0854. The van der Waals surface area contributed by atoms with E-state index in [-0.39, 0.29) is 18.0 Å². The molecule has 1 aromatic carbocycles. The molecule has 0 aliphatic heterocycles. The summed E-state index contributed by atoms with van der Waals surface area (Å²) in [5.74, 6) is 0. The van der Waals surface area contributed by atoms with Crippen molar-refractivity contribution in [1.82, 2.24) is 0 Å². The Hall–Kier alpha value is -2.45. The van der Waals surface area contributed by atoms with Crippen LogP contribution in [0, 0.1) is 10.1 Å². The highest BCUT2D eigenvalue weighted by Gasteiger charge is 2.17. The Morgan fingerprint density at radius 2 is 2.10 bits per heavy atom. The highest BCUT2D eigenvalue weighted by Crippen LogP contribution is 2.34. The second-order valence-electron chi connectivity index (χ2n) is 3.84. The van der Waals surface area contributed by atoms with Crippen molar-refractivity contribution in [3.63, 3.8) is 0 Å². The van der Waals surface area contributed by atoms with Gasteiger partial charge in [-0.15, -0.1) is 11.3 Å². The fraction of sp³-hybridized carbons (Fsp3) is 0.0833. The first-order valence-corrected chi connectivity index (χ1v) is 6.31. The molecule has 104 valence electrons. The summed E-state index contributed by atoms with van der Waals surface area (Å²) in [7, 11) is 0. The number of aliphatic hydroxyl groups excluding tert-OH is 1. The Morgan fingerprint density at radius 3 is 2.65 bits per heavy atom. The van der Waals surface area contributed by atoms with Gasteiger partial charge < -0.3 is 10.2 Å². The van der Waals surface area contributed by atoms with Gasteiger partial charge in [0, 0.05) is 15.8 Å². The summed E-state index contributed by atoms with van der Waals surface area (Å²) in [5.41, 5.74) is 0.248. The number of nitrogens with zero attached hydrogens (tertiary/aromatic N) is 1. The topological polar surface area (TPSA) is 113 Å². The molecule has 0 bridgehead atoms. The van der Waals surface area contributed by atoms with Crippen LogP contribution in [0.25, 0.3) is 10.4 Å². The molecule has 1 aromatic heterocycles. The second kappa shape index (κ2) is 5.68. The van der Waals surface area contributed by atoms with Crippen LogP contribution < -0.4 is 5.32 Å². The van der Waals surface area contributed by atoms with E-state index in [0.29, 0.717) is 5.56 Å². The average Bonchev–Trinajstić information content (AvgIpc) is 2.86. The zero-order valence-electron chi connectivity index (χ0n) is 10.1.